The fraction of sp³-hybridized carbons (Fsp3) is 0.615. The summed E-state index contributed by atoms with van der Waals surface area (Å²) in [5.41, 5.74) is 0.993. The van der Waals surface area contributed by atoms with Gasteiger partial charge in [-0.3, -0.25) is 10.1 Å². The number of amides is 2. The Hall–Kier alpha value is -1.63. The van der Waals surface area contributed by atoms with E-state index < -0.39 is 11.9 Å². The first-order valence-electron chi connectivity index (χ1n) is 6.76. The normalized spacial score (nSPS) is 18.9. The Kier molecular flexibility index (Phi) is 4.59. The maximum absolute atomic E-state index is 12.1. The average Bonchev–Trinajstić information content (AvgIpc) is 2.78. The Balaban J connectivity index is 1.98. The number of carbonyl (C=O) groups excluding carboxylic acids is 1. The first kappa shape index (κ1) is 14.8. The quantitative estimate of drug-likeness (QED) is 0.897. The number of nitrogens with zero attached hydrogens (tertiary/aromatic N) is 2. The van der Waals surface area contributed by atoms with Crippen LogP contribution in [0.4, 0.5) is 9.93 Å². The summed E-state index contributed by atoms with van der Waals surface area (Å²) in [6.07, 6.45) is 2.19. The van der Waals surface area contributed by atoms with Gasteiger partial charge in [0.15, 0.2) is 5.13 Å². The molecule has 7 heteroatoms. The van der Waals surface area contributed by atoms with E-state index in [9.17, 15) is 9.59 Å². The molecule has 1 aromatic heterocycles. The molecule has 0 saturated carbocycles. The van der Waals surface area contributed by atoms with Gasteiger partial charge in [-0.2, -0.15) is 0 Å². The van der Waals surface area contributed by atoms with Gasteiger partial charge in [-0.25, -0.2) is 9.78 Å². The summed E-state index contributed by atoms with van der Waals surface area (Å²) >= 11 is 1.45. The predicted molar refractivity (Wildman–Crippen MR) is 77.2 cm³/mol. The molecule has 6 nitrogen and oxygen atoms in total. The van der Waals surface area contributed by atoms with Crippen LogP contribution in [0.2, 0.25) is 0 Å². The molecule has 0 radical (unpaired) electrons. The molecular weight excluding hydrogens is 278 g/mol. The van der Waals surface area contributed by atoms with Crippen molar-refractivity contribution >= 4 is 28.5 Å². The lowest BCUT2D eigenvalue weighted by Gasteiger charge is -2.30. The molecule has 1 fully saturated rings. The number of nitrogens with one attached hydrogen (secondary N) is 1. The molecule has 2 heterocycles. The molecule has 1 aromatic rings. The summed E-state index contributed by atoms with van der Waals surface area (Å²) in [6.45, 7) is 4.87. The van der Waals surface area contributed by atoms with Crippen LogP contribution in [0.3, 0.4) is 0 Å². The Morgan fingerprint density at radius 2 is 2.30 bits per heavy atom. The van der Waals surface area contributed by atoms with Crippen LogP contribution in [0.15, 0.2) is 0 Å². The first-order chi connectivity index (χ1) is 9.51. The lowest BCUT2D eigenvalue weighted by Crippen LogP contribution is -2.44. The number of urea groups is 1. The molecular formula is C13H19N3O3S. The van der Waals surface area contributed by atoms with E-state index in [1.807, 2.05) is 13.8 Å². The van der Waals surface area contributed by atoms with E-state index in [0.29, 0.717) is 18.1 Å². The van der Waals surface area contributed by atoms with Crippen LogP contribution in [0.1, 0.15) is 30.3 Å². The van der Waals surface area contributed by atoms with Gasteiger partial charge in [0.25, 0.3) is 0 Å². The number of likely N-dealkylation sites (tertiary alicyclic amines) is 1. The van der Waals surface area contributed by atoms with Crippen LogP contribution in [-0.4, -0.2) is 40.1 Å². The molecule has 0 bridgehead atoms. The Morgan fingerprint density at radius 1 is 1.55 bits per heavy atom. The minimum absolute atomic E-state index is 0.257. The maximum Gasteiger partial charge on any atom is 0.323 e. The molecule has 1 aliphatic heterocycles. The number of aliphatic carboxylic acids is 1. The van der Waals surface area contributed by atoms with Crippen molar-refractivity contribution in [3.8, 4) is 0 Å². The number of hydrogen-bond acceptors (Lipinski definition) is 4. The molecule has 0 aromatic carbocycles. The zero-order chi connectivity index (χ0) is 14.7. The number of carboxylic acids is 1. The monoisotopic (exact) mass is 297 g/mol. The summed E-state index contributed by atoms with van der Waals surface area (Å²) in [6, 6.07) is -0.257. The smallest absolute Gasteiger partial charge is 0.323 e. The average molecular weight is 297 g/mol. The highest BCUT2D eigenvalue weighted by molar-refractivity contribution is 7.15. The number of aryl methyl sites for hydroxylation is 2. The van der Waals surface area contributed by atoms with E-state index in [0.717, 1.165) is 23.4 Å². The molecule has 0 spiro atoms. The van der Waals surface area contributed by atoms with E-state index in [1.54, 1.807) is 4.90 Å². The summed E-state index contributed by atoms with van der Waals surface area (Å²) in [5.74, 6) is -1.29. The highest BCUT2D eigenvalue weighted by atomic mass is 32.1. The third-order valence-electron chi connectivity index (χ3n) is 3.50. The molecule has 2 N–H and O–H groups in total. The lowest BCUT2D eigenvalue weighted by molar-refractivity contribution is -0.143. The van der Waals surface area contributed by atoms with Gasteiger partial charge < -0.3 is 10.0 Å². The third kappa shape index (κ3) is 3.27. The Morgan fingerprint density at radius 3 is 2.90 bits per heavy atom. The van der Waals surface area contributed by atoms with E-state index in [-0.39, 0.29) is 12.6 Å². The van der Waals surface area contributed by atoms with Crippen LogP contribution in [0.25, 0.3) is 0 Å². The van der Waals surface area contributed by atoms with Crippen molar-refractivity contribution in [2.24, 2.45) is 5.92 Å². The molecule has 2 rings (SSSR count). The molecule has 1 saturated heterocycles. The standard InChI is InChI=1S/C13H19N3O3S/c1-3-10-8(2)20-12(14-10)15-13(19)16-6-4-5-9(7-16)11(17)18/h9H,3-7H2,1-2H3,(H,17,18)(H,14,15,19). The number of anilines is 1. The molecule has 110 valence electrons. The summed E-state index contributed by atoms with van der Waals surface area (Å²) in [7, 11) is 0. The van der Waals surface area contributed by atoms with Gasteiger partial charge in [-0.1, -0.05) is 6.92 Å². The minimum atomic E-state index is -0.833. The van der Waals surface area contributed by atoms with Crippen LogP contribution in [0, 0.1) is 12.8 Å². The second kappa shape index (κ2) is 6.21. The fourth-order valence-electron chi connectivity index (χ4n) is 2.34. The zero-order valence-corrected chi connectivity index (χ0v) is 12.5. The van der Waals surface area contributed by atoms with Crippen molar-refractivity contribution in [3.63, 3.8) is 0 Å². The van der Waals surface area contributed by atoms with Gasteiger partial charge in [-0.05, 0) is 26.2 Å². The number of thiazole rings is 1. The predicted octanol–water partition coefficient (Wildman–Crippen LogP) is 2.34. The Labute approximate surface area is 121 Å². The van der Waals surface area contributed by atoms with Gasteiger partial charge in [0.2, 0.25) is 0 Å². The van der Waals surface area contributed by atoms with E-state index in [2.05, 4.69) is 10.3 Å². The molecule has 20 heavy (non-hydrogen) atoms. The molecule has 1 aliphatic rings. The van der Waals surface area contributed by atoms with Gasteiger partial charge >= 0.3 is 12.0 Å². The summed E-state index contributed by atoms with van der Waals surface area (Å²) in [4.78, 5) is 30.2. The van der Waals surface area contributed by atoms with Gasteiger partial charge in [0.05, 0.1) is 11.6 Å². The van der Waals surface area contributed by atoms with Crippen molar-refractivity contribution in [1.82, 2.24) is 9.88 Å². The number of rotatable bonds is 3. The minimum Gasteiger partial charge on any atom is -0.481 e. The van der Waals surface area contributed by atoms with Crippen LogP contribution >= 0.6 is 11.3 Å². The van der Waals surface area contributed by atoms with Gasteiger partial charge in [0.1, 0.15) is 0 Å². The van der Waals surface area contributed by atoms with Crippen LogP contribution < -0.4 is 5.32 Å². The van der Waals surface area contributed by atoms with Crippen LogP contribution in [0.5, 0.6) is 0 Å². The van der Waals surface area contributed by atoms with Gasteiger partial charge in [0, 0.05) is 18.0 Å². The van der Waals surface area contributed by atoms with E-state index >= 15 is 0 Å². The summed E-state index contributed by atoms with van der Waals surface area (Å²) < 4.78 is 0. The second-order valence-electron chi connectivity index (χ2n) is 4.93. The van der Waals surface area contributed by atoms with Crippen LogP contribution in [-0.2, 0) is 11.2 Å². The largest absolute Gasteiger partial charge is 0.481 e. The molecule has 0 aliphatic carbocycles. The lowest BCUT2D eigenvalue weighted by atomic mass is 9.99. The molecule has 2 amide bonds. The second-order valence-corrected chi connectivity index (χ2v) is 6.13. The maximum atomic E-state index is 12.1. The number of piperidine rings is 1. The fourth-order valence-corrected chi connectivity index (χ4v) is 3.24. The topological polar surface area (TPSA) is 82.5 Å². The van der Waals surface area contributed by atoms with Crippen molar-refractivity contribution in [2.45, 2.75) is 33.1 Å². The van der Waals surface area contributed by atoms with Crippen molar-refractivity contribution in [1.29, 1.82) is 0 Å². The highest BCUT2D eigenvalue weighted by Gasteiger charge is 2.28. The SMILES string of the molecule is CCc1nc(NC(=O)N2CCCC(C(=O)O)C2)sc1C. The van der Waals surface area contributed by atoms with Crippen molar-refractivity contribution in [2.75, 3.05) is 18.4 Å². The summed E-state index contributed by atoms with van der Waals surface area (Å²) in [5, 5.41) is 12.4. The van der Waals surface area contributed by atoms with E-state index in [1.165, 1.54) is 11.3 Å². The molecule has 1 atom stereocenters. The zero-order valence-electron chi connectivity index (χ0n) is 11.7. The van der Waals surface area contributed by atoms with Crippen molar-refractivity contribution in [3.05, 3.63) is 10.6 Å². The van der Waals surface area contributed by atoms with Crippen molar-refractivity contribution < 1.29 is 14.7 Å². The van der Waals surface area contributed by atoms with E-state index in [4.69, 9.17) is 5.11 Å². The number of hydrogen-bond donors (Lipinski definition) is 2. The molecule has 1 unspecified atom stereocenters. The van der Waals surface area contributed by atoms with Gasteiger partial charge in [-0.15, -0.1) is 11.3 Å². The number of carbonyl (C=O) groups is 2. The Bertz CT molecular complexity index is 515. The third-order valence-corrected chi connectivity index (χ3v) is 4.43. The first-order valence-corrected chi connectivity index (χ1v) is 7.58. The number of carboxylic acid groups (broad SMARTS) is 1. The number of aromatic nitrogens is 1. The highest BCUT2D eigenvalue weighted by Crippen LogP contribution is 2.23.